The third-order valence-electron chi connectivity index (χ3n) is 4.19. The molecule has 2 amide bonds. The van der Waals surface area contributed by atoms with Gasteiger partial charge < -0.3 is 15.0 Å². The van der Waals surface area contributed by atoms with Crippen molar-refractivity contribution >= 4 is 23.2 Å². The second-order valence-electron chi connectivity index (χ2n) is 6.36. The number of hydrogen-bond donors (Lipinski definition) is 1. The van der Waals surface area contributed by atoms with Gasteiger partial charge in [-0.3, -0.25) is 19.7 Å². The summed E-state index contributed by atoms with van der Waals surface area (Å²) in [5.41, 5.74) is 1.03. The van der Waals surface area contributed by atoms with Gasteiger partial charge in [0.1, 0.15) is 5.75 Å². The lowest BCUT2D eigenvalue weighted by molar-refractivity contribution is -0.384. The summed E-state index contributed by atoms with van der Waals surface area (Å²) in [6.07, 6.45) is 1.52. The number of rotatable bonds is 7. The quantitative estimate of drug-likeness (QED) is 0.473. The number of hydrogen-bond acceptors (Lipinski definition) is 6. The van der Waals surface area contributed by atoms with Crippen LogP contribution >= 0.6 is 0 Å². The molecule has 0 fully saturated rings. The Bertz CT molecular complexity index is 1090. The van der Waals surface area contributed by atoms with Gasteiger partial charge in [0.25, 0.3) is 11.6 Å². The fraction of sp³-hybridized carbons (Fsp3) is 0.150. The minimum atomic E-state index is -0.506. The summed E-state index contributed by atoms with van der Waals surface area (Å²) in [6, 6.07) is 14.2. The van der Waals surface area contributed by atoms with E-state index >= 15 is 0 Å². The lowest BCUT2D eigenvalue weighted by atomic mass is 10.3. The molecule has 10 nitrogen and oxygen atoms in total. The molecule has 0 unspecified atom stereocenters. The Morgan fingerprint density at radius 2 is 1.97 bits per heavy atom. The third-order valence-corrected chi connectivity index (χ3v) is 4.19. The van der Waals surface area contributed by atoms with Crippen molar-refractivity contribution in [1.82, 2.24) is 14.7 Å². The molecule has 30 heavy (non-hydrogen) atoms. The molecule has 0 spiro atoms. The van der Waals surface area contributed by atoms with Gasteiger partial charge in [-0.25, -0.2) is 4.68 Å². The lowest BCUT2D eigenvalue weighted by Gasteiger charge is -2.15. The third kappa shape index (κ3) is 4.79. The first-order valence-electron chi connectivity index (χ1n) is 8.87. The van der Waals surface area contributed by atoms with Gasteiger partial charge >= 0.3 is 0 Å². The van der Waals surface area contributed by atoms with Gasteiger partial charge in [0.05, 0.1) is 24.3 Å². The summed E-state index contributed by atoms with van der Waals surface area (Å²) in [6.45, 7) is -0.181. The summed E-state index contributed by atoms with van der Waals surface area (Å²) >= 11 is 0. The second kappa shape index (κ2) is 8.86. The number of non-ortho nitro benzene ring substituents is 1. The molecule has 0 bridgehead atoms. The van der Waals surface area contributed by atoms with Crippen LogP contribution < -0.4 is 10.1 Å². The Hall–Kier alpha value is -4.21. The van der Waals surface area contributed by atoms with E-state index in [0.717, 1.165) is 0 Å². The number of anilines is 1. The SMILES string of the molecule is COc1cccc(NC(=O)CN(C)C(=O)c2ccn(-c3cccc([N+](=O)[O-])c3)n2)c1. The normalized spacial score (nSPS) is 10.3. The smallest absolute Gasteiger partial charge is 0.274 e. The molecule has 3 rings (SSSR count). The largest absolute Gasteiger partial charge is 0.497 e. The maximum atomic E-state index is 12.6. The fourth-order valence-electron chi connectivity index (χ4n) is 2.71. The van der Waals surface area contributed by atoms with Crippen molar-refractivity contribution in [2.45, 2.75) is 0 Å². The topological polar surface area (TPSA) is 120 Å². The van der Waals surface area contributed by atoms with Crippen molar-refractivity contribution in [1.29, 1.82) is 0 Å². The standard InChI is InChI=1S/C20H19N5O5/c1-23(13-19(26)21-14-5-3-8-17(11-14)30-2)20(27)18-9-10-24(22-18)15-6-4-7-16(12-15)25(28)29/h3-12H,13H2,1-2H3,(H,21,26). The number of nitrogens with one attached hydrogen (secondary N) is 1. The van der Waals surface area contributed by atoms with Gasteiger partial charge in [-0.2, -0.15) is 5.10 Å². The maximum Gasteiger partial charge on any atom is 0.274 e. The first kappa shape index (κ1) is 20.5. The van der Waals surface area contributed by atoms with Crippen LogP contribution in [0.4, 0.5) is 11.4 Å². The van der Waals surface area contributed by atoms with E-state index < -0.39 is 10.8 Å². The van der Waals surface area contributed by atoms with E-state index in [1.807, 2.05) is 0 Å². The summed E-state index contributed by atoms with van der Waals surface area (Å²) in [5, 5.41) is 17.8. The Morgan fingerprint density at radius 1 is 1.20 bits per heavy atom. The molecular formula is C20H19N5O5. The number of nitro benzene ring substituents is 1. The van der Waals surface area contributed by atoms with Gasteiger partial charge in [0.2, 0.25) is 5.91 Å². The number of carbonyl (C=O) groups excluding carboxylic acids is 2. The number of nitro groups is 1. The van der Waals surface area contributed by atoms with Crippen LogP contribution in [0.3, 0.4) is 0 Å². The maximum absolute atomic E-state index is 12.6. The molecule has 0 atom stereocenters. The lowest BCUT2D eigenvalue weighted by Crippen LogP contribution is -2.35. The van der Waals surface area contributed by atoms with E-state index in [1.54, 1.807) is 30.3 Å². The van der Waals surface area contributed by atoms with Crippen molar-refractivity contribution in [3.63, 3.8) is 0 Å². The highest BCUT2D eigenvalue weighted by molar-refractivity contribution is 5.98. The van der Waals surface area contributed by atoms with E-state index in [0.29, 0.717) is 17.1 Å². The minimum absolute atomic E-state index is 0.0813. The van der Waals surface area contributed by atoms with E-state index in [1.165, 1.54) is 54.2 Å². The number of benzene rings is 2. The molecule has 2 aromatic carbocycles. The zero-order valence-electron chi connectivity index (χ0n) is 16.3. The second-order valence-corrected chi connectivity index (χ2v) is 6.36. The number of amides is 2. The van der Waals surface area contributed by atoms with Crippen LogP contribution in [0.5, 0.6) is 5.75 Å². The molecule has 0 aliphatic carbocycles. The van der Waals surface area contributed by atoms with E-state index in [-0.39, 0.29) is 23.8 Å². The number of ether oxygens (including phenoxy) is 1. The van der Waals surface area contributed by atoms with Crippen LogP contribution in [0.15, 0.2) is 60.8 Å². The monoisotopic (exact) mass is 409 g/mol. The van der Waals surface area contributed by atoms with Crippen LogP contribution in [0, 0.1) is 10.1 Å². The molecule has 1 aromatic heterocycles. The zero-order valence-corrected chi connectivity index (χ0v) is 16.3. The Labute approximate surface area is 171 Å². The molecule has 0 aliphatic rings. The van der Waals surface area contributed by atoms with E-state index in [4.69, 9.17) is 4.74 Å². The number of nitrogens with zero attached hydrogens (tertiary/aromatic N) is 4. The molecule has 3 aromatic rings. The molecule has 0 saturated heterocycles. The summed E-state index contributed by atoms with van der Waals surface area (Å²) in [5.74, 6) is -0.235. The zero-order chi connectivity index (χ0) is 21.7. The first-order valence-corrected chi connectivity index (χ1v) is 8.87. The number of methoxy groups -OCH3 is 1. The average molecular weight is 409 g/mol. The predicted molar refractivity (Wildman–Crippen MR) is 109 cm³/mol. The Kier molecular flexibility index (Phi) is 6.06. The van der Waals surface area contributed by atoms with Gasteiger partial charge in [-0.15, -0.1) is 0 Å². The molecule has 0 aliphatic heterocycles. The Balaban J connectivity index is 1.65. The summed E-state index contributed by atoms with van der Waals surface area (Å²) in [7, 11) is 3.01. The van der Waals surface area contributed by atoms with Crippen molar-refractivity contribution < 1.29 is 19.2 Å². The fourth-order valence-corrected chi connectivity index (χ4v) is 2.71. The Morgan fingerprint density at radius 3 is 2.70 bits per heavy atom. The van der Waals surface area contributed by atoms with Crippen LogP contribution in [0.25, 0.3) is 5.69 Å². The highest BCUT2D eigenvalue weighted by Crippen LogP contribution is 2.18. The van der Waals surface area contributed by atoms with Crippen molar-refractivity contribution in [2.75, 3.05) is 26.0 Å². The molecule has 1 N–H and O–H groups in total. The predicted octanol–water partition coefficient (Wildman–Crippen LogP) is 2.50. The van der Waals surface area contributed by atoms with Crippen LogP contribution in [-0.2, 0) is 4.79 Å². The van der Waals surface area contributed by atoms with Gasteiger partial charge in [-0.05, 0) is 24.3 Å². The number of carbonyl (C=O) groups is 2. The van der Waals surface area contributed by atoms with Crippen LogP contribution in [-0.4, -0.2) is 52.1 Å². The van der Waals surface area contributed by atoms with Gasteiger partial charge in [-0.1, -0.05) is 12.1 Å². The average Bonchev–Trinajstić information content (AvgIpc) is 3.23. The van der Waals surface area contributed by atoms with E-state index in [2.05, 4.69) is 10.4 Å². The molecule has 10 heteroatoms. The van der Waals surface area contributed by atoms with Crippen LogP contribution in [0.1, 0.15) is 10.5 Å². The molecule has 154 valence electrons. The van der Waals surface area contributed by atoms with Crippen molar-refractivity contribution in [3.8, 4) is 11.4 Å². The van der Waals surface area contributed by atoms with Crippen molar-refractivity contribution in [2.24, 2.45) is 0 Å². The molecular weight excluding hydrogens is 390 g/mol. The molecule has 0 radical (unpaired) electrons. The number of aromatic nitrogens is 2. The first-order chi connectivity index (χ1) is 14.4. The molecule has 1 heterocycles. The number of likely N-dealkylation sites (N-methyl/N-ethyl adjacent to an activating group) is 1. The molecule has 0 saturated carbocycles. The highest BCUT2D eigenvalue weighted by atomic mass is 16.6. The summed E-state index contributed by atoms with van der Waals surface area (Å²) < 4.78 is 6.47. The van der Waals surface area contributed by atoms with E-state index in [9.17, 15) is 19.7 Å². The van der Waals surface area contributed by atoms with Crippen LogP contribution in [0.2, 0.25) is 0 Å². The van der Waals surface area contributed by atoms with Gasteiger partial charge in [0, 0.05) is 37.1 Å². The summed E-state index contributed by atoms with van der Waals surface area (Å²) in [4.78, 5) is 36.5. The van der Waals surface area contributed by atoms with Crippen molar-refractivity contribution in [3.05, 3.63) is 76.6 Å². The highest BCUT2D eigenvalue weighted by Gasteiger charge is 2.18. The minimum Gasteiger partial charge on any atom is -0.497 e. The van der Waals surface area contributed by atoms with Gasteiger partial charge in [0.15, 0.2) is 5.69 Å².